The molecule has 0 N–H and O–H groups in total. The molecule has 0 heterocycles. The summed E-state index contributed by atoms with van der Waals surface area (Å²) in [4.78, 5) is 11.5. The van der Waals surface area contributed by atoms with E-state index in [2.05, 4.69) is 15.9 Å². The second-order valence-electron chi connectivity index (χ2n) is 5.19. The van der Waals surface area contributed by atoms with Gasteiger partial charge in [0.1, 0.15) is 12.4 Å². The molecular formula is C18H19BrO3. The Labute approximate surface area is 139 Å². The first kappa shape index (κ1) is 16.6. The Kier molecular flexibility index (Phi) is 5.61. The summed E-state index contributed by atoms with van der Waals surface area (Å²) in [5.41, 5.74) is 4.24. The van der Waals surface area contributed by atoms with E-state index in [9.17, 15) is 4.79 Å². The Morgan fingerprint density at radius 1 is 1.18 bits per heavy atom. The Hall–Kier alpha value is -1.81. The number of aryl methyl sites for hydroxylation is 2. The maximum atomic E-state index is 11.5. The van der Waals surface area contributed by atoms with Gasteiger partial charge in [0.05, 0.1) is 18.0 Å². The van der Waals surface area contributed by atoms with E-state index in [4.69, 9.17) is 9.47 Å². The van der Waals surface area contributed by atoms with Crippen LogP contribution in [0.25, 0.3) is 0 Å². The summed E-state index contributed by atoms with van der Waals surface area (Å²) in [6, 6.07) is 11.9. The van der Waals surface area contributed by atoms with Crippen LogP contribution in [-0.4, -0.2) is 13.1 Å². The van der Waals surface area contributed by atoms with E-state index in [1.807, 2.05) is 50.2 Å². The molecule has 2 aromatic rings. The third-order valence-electron chi connectivity index (χ3n) is 3.53. The monoisotopic (exact) mass is 362 g/mol. The number of halogens is 1. The first-order valence-electron chi connectivity index (χ1n) is 7.04. The summed E-state index contributed by atoms with van der Waals surface area (Å²) in [6.07, 6.45) is 0.256. The molecule has 0 aliphatic rings. The molecule has 3 nitrogen and oxygen atoms in total. The van der Waals surface area contributed by atoms with E-state index in [0.717, 1.165) is 26.9 Å². The summed E-state index contributed by atoms with van der Waals surface area (Å²) in [5.74, 6) is 0.543. The van der Waals surface area contributed by atoms with Gasteiger partial charge in [-0.1, -0.05) is 24.3 Å². The van der Waals surface area contributed by atoms with Crippen LogP contribution in [-0.2, 0) is 22.6 Å². The average Bonchev–Trinajstić information content (AvgIpc) is 2.48. The highest BCUT2D eigenvalue weighted by molar-refractivity contribution is 9.10. The smallest absolute Gasteiger partial charge is 0.309 e. The molecule has 22 heavy (non-hydrogen) atoms. The van der Waals surface area contributed by atoms with Gasteiger partial charge >= 0.3 is 5.97 Å². The SMILES string of the molecule is COC(=O)Cc1cccc(C)c1COc1ccc(C)cc1Br. The fraction of sp³-hybridized carbons (Fsp3) is 0.278. The van der Waals surface area contributed by atoms with Gasteiger partial charge in [0.15, 0.2) is 0 Å². The fourth-order valence-corrected chi connectivity index (χ4v) is 2.84. The molecule has 0 amide bonds. The number of hydrogen-bond donors (Lipinski definition) is 0. The van der Waals surface area contributed by atoms with Crippen LogP contribution in [0.5, 0.6) is 5.75 Å². The molecule has 4 heteroatoms. The minimum absolute atomic E-state index is 0.247. The van der Waals surface area contributed by atoms with Crippen molar-refractivity contribution in [1.82, 2.24) is 0 Å². The van der Waals surface area contributed by atoms with Crippen LogP contribution in [0.4, 0.5) is 0 Å². The average molecular weight is 363 g/mol. The predicted molar refractivity (Wildman–Crippen MR) is 90.1 cm³/mol. The lowest BCUT2D eigenvalue weighted by atomic mass is 10.0. The maximum absolute atomic E-state index is 11.5. The van der Waals surface area contributed by atoms with Crippen molar-refractivity contribution in [3.05, 3.63) is 63.1 Å². The van der Waals surface area contributed by atoms with Gasteiger partial charge in [0.2, 0.25) is 0 Å². The number of benzene rings is 2. The predicted octanol–water partition coefficient (Wildman–Crippen LogP) is 4.36. The van der Waals surface area contributed by atoms with E-state index in [-0.39, 0.29) is 12.4 Å². The van der Waals surface area contributed by atoms with E-state index >= 15 is 0 Å². The second-order valence-corrected chi connectivity index (χ2v) is 6.04. The van der Waals surface area contributed by atoms with Crippen LogP contribution in [0.2, 0.25) is 0 Å². The Bertz CT molecular complexity index is 680. The maximum Gasteiger partial charge on any atom is 0.309 e. The number of carbonyl (C=O) groups is 1. The van der Waals surface area contributed by atoms with Gasteiger partial charge in [0.25, 0.3) is 0 Å². The van der Waals surface area contributed by atoms with Gasteiger partial charge in [0, 0.05) is 0 Å². The van der Waals surface area contributed by atoms with Crippen molar-refractivity contribution in [2.45, 2.75) is 26.9 Å². The zero-order chi connectivity index (χ0) is 16.1. The molecule has 0 saturated carbocycles. The highest BCUT2D eigenvalue weighted by Crippen LogP contribution is 2.27. The highest BCUT2D eigenvalue weighted by Gasteiger charge is 2.11. The number of carbonyl (C=O) groups excluding carboxylic acids is 1. The third kappa shape index (κ3) is 4.10. The van der Waals surface area contributed by atoms with Gasteiger partial charge < -0.3 is 9.47 Å². The molecule has 0 radical (unpaired) electrons. The molecule has 0 fully saturated rings. The van der Waals surface area contributed by atoms with Crippen molar-refractivity contribution in [1.29, 1.82) is 0 Å². The van der Waals surface area contributed by atoms with Gasteiger partial charge in [-0.2, -0.15) is 0 Å². The molecule has 2 rings (SSSR count). The largest absolute Gasteiger partial charge is 0.488 e. The first-order chi connectivity index (χ1) is 10.5. The normalized spacial score (nSPS) is 10.4. The van der Waals surface area contributed by atoms with Crippen molar-refractivity contribution in [2.24, 2.45) is 0 Å². The number of ether oxygens (including phenoxy) is 2. The van der Waals surface area contributed by atoms with Crippen molar-refractivity contribution >= 4 is 21.9 Å². The number of esters is 1. The molecule has 0 unspecified atom stereocenters. The van der Waals surface area contributed by atoms with Crippen molar-refractivity contribution in [2.75, 3.05) is 7.11 Å². The lowest BCUT2D eigenvalue weighted by Crippen LogP contribution is -2.09. The second kappa shape index (κ2) is 7.45. The van der Waals surface area contributed by atoms with E-state index < -0.39 is 0 Å². The molecule has 0 bridgehead atoms. The lowest BCUT2D eigenvalue weighted by molar-refractivity contribution is -0.139. The Balaban J connectivity index is 2.19. The quantitative estimate of drug-likeness (QED) is 0.741. The minimum Gasteiger partial charge on any atom is -0.488 e. The molecule has 0 spiro atoms. The van der Waals surface area contributed by atoms with E-state index in [1.165, 1.54) is 12.7 Å². The summed E-state index contributed by atoms with van der Waals surface area (Å²) >= 11 is 3.51. The van der Waals surface area contributed by atoms with Gasteiger partial charge in [-0.25, -0.2) is 0 Å². The molecule has 0 aliphatic carbocycles. The van der Waals surface area contributed by atoms with Crippen LogP contribution in [0, 0.1) is 13.8 Å². The lowest BCUT2D eigenvalue weighted by Gasteiger charge is -2.14. The molecule has 0 aromatic heterocycles. The summed E-state index contributed by atoms with van der Waals surface area (Å²) in [5, 5.41) is 0. The molecular weight excluding hydrogens is 344 g/mol. The van der Waals surface area contributed by atoms with Crippen LogP contribution in [0.15, 0.2) is 40.9 Å². The van der Waals surface area contributed by atoms with Crippen LogP contribution < -0.4 is 4.74 Å². The molecule has 116 valence electrons. The van der Waals surface area contributed by atoms with Crippen molar-refractivity contribution in [3.8, 4) is 5.75 Å². The topological polar surface area (TPSA) is 35.5 Å². The molecule has 2 aromatic carbocycles. The molecule has 0 saturated heterocycles. The minimum atomic E-state index is -0.247. The molecule has 0 aliphatic heterocycles. The fourth-order valence-electron chi connectivity index (χ4n) is 2.24. The van der Waals surface area contributed by atoms with Gasteiger partial charge in [-0.3, -0.25) is 4.79 Å². The van der Waals surface area contributed by atoms with Crippen LogP contribution in [0.1, 0.15) is 22.3 Å². The first-order valence-corrected chi connectivity index (χ1v) is 7.83. The Morgan fingerprint density at radius 2 is 1.95 bits per heavy atom. The number of rotatable bonds is 5. The zero-order valence-corrected chi connectivity index (χ0v) is 14.6. The van der Waals surface area contributed by atoms with Gasteiger partial charge in [-0.05, 0) is 64.2 Å². The number of hydrogen-bond acceptors (Lipinski definition) is 3. The summed E-state index contributed by atoms with van der Waals surface area (Å²) in [7, 11) is 1.40. The Morgan fingerprint density at radius 3 is 2.64 bits per heavy atom. The molecule has 0 atom stereocenters. The van der Waals surface area contributed by atoms with Crippen molar-refractivity contribution in [3.63, 3.8) is 0 Å². The third-order valence-corrected chi connectivity index (χ3v) is 4.15. The zero-order valence-electron chi connectivity index (χ0n) is 13.0. The van der Waals surface area contributed by atoms with E-state index in [1.54, 1.807) is 0 Å². The van der Waals surface area contributed by atoms with Crippen LogP contribution in [0.3, 0.4) is 0 Å². The summed E-state index contributed by atoms with van der Waals surface area (Å²) < 4.78 is 11.6. The van der Waals surface area contributed by atoms with E-state index in [0.29, 0.717) is 6.61 Å². The van der Waals surface area contributed by atoms with Gasteiger partial charge in [-0.15, -0.1) is 0 Å². The number of methoxy groups -OCH3 is 1. The van der Waals surface area contributed by atoms with Crippen LogP contribution >= 0.6 is 15.9 Å². The highest BCUT2D eigenvalue weighted by atomic mass is 79.9. The summed E-state index contributed by atoms with van der Waals surface area (Å²) in [6.45, 7) is 4.47. The standard InChI is InChI=1S/C18H19BrO3/c1-12-7-8-17(16(19)9-12)22-11-15-13(2)5-4-6-14(15)10-18(20)21-3/h4-9H,10-11H2,1-3H3. The van der Waals surface area contributed by atoms with Crippen molar-refractivity contribution < 1.29 is 14.3 Å².